The molecule has 1 heterocycles. The normalized spacial score (nSPS) is 20.2. The lowest BCUT2D eigenvalue weighted by molar-refractivity contribution is 0.329. The molecule has 0 spiro atoms. The first-order chi connectivity index (χ1) is 7.22. The third-order valence-electron chi connectivity index (χ3n) is 3.07. The smallest absolute Gasteiger partial charge is 0.231 e. The lowest BCUT2D eigenvalue weighted by Crippen LogP contribution is -2.30. The van der Waals surface area contributed by atoms with Crippen molar-refractivity contribution in [1.82, 2.24) is 15.5 Å². The van der Waals surface area contributed by atoms with E-state index in [1.807, 2.05) is 0 Å². The third-order valence-corrected chi connectivity index (χ3v) is 3.07. The standard InChI is InChI=1S/C11H19N3O/c1-4-12-8(3)7(2)11-13-10(14-15-11)9-5-6-9/h7-9,12H,4-6H2,1-3H3. The van der Waals surface area contributed by atoms with E-state index in [4.69, 9.17) is 4.52 Å². The van der Waals surface area contributed by atoms with E-state index in [-0.39, 0.29) is 5.92 Å². The van der Waals surface area contributed by atoms with Crippen LogP contribution in [0.4, 0.5) is 0 Å². The number of rotatable bonds is 5. The molecule has 1 aromatic heterocycles. The van der Waals surface area contributed by atoms with Crippen molar-refractivity contribution in [2.75, 3.05) is 6.54 Å². The maximum atomic E-state index is 5.29. The molecule has 0 saturated heterocycles. The number of likely N-dealkylation sites (N-methyl/N-ethyl adjacent to an activating group) is 1. The van der Waals surface area contributed by atoms with Gasteiger partial charge in [-0.2, -0.15) is 4.98 Å². The average Bonchev–Trinajstić information content (AvgIpc) is 2.96. The van der Waals surface area contributed by atoms with Crippen LogP contribution in [0.1, 0.15) is 57.2 Å². The van der Waals surface area contributed by atoms with Crippen LogP contribution in [0.15, 0.2) is 4.52 Å². The summed E-state index contributed by atoms with van der Waals surface area (Å²) >= 11 is 0. The summed E-state index contributed by atoms with van der Waals surface area (Å²) < 4.78 is 5.29. The molecule has 15 heavy (non-hydrogen) atoms. The Morgan fingerprint density at radius 2 is 2.20 bits per heavy atom. The van der Waals surface area contributed by atoms with Gasteiger partial charge >= 0.3 is 0 Å². The second-order valence-electron chi connectivity index (χ2n) is 4.40. The van der Waals surface area contributed by atoms with Gasteiger partial charge in [-0.3, -0.25) is 0 Å². The van der Waals surface area contributed by atoms with Crippen molar-refractivity contribution in [3.8, 4) is 0 Å². The molecule has 2 atom stereocenters. The fourth-order valence-corrected chi connectivity index (χ4v) is 1.65. The zero-order valence-corrected chi connectivity index (χ0v) is 9.66. The monoisotopic (exact) mass is 209 g/mol. The van der Waals surface area contributed by atoms with Crippen LogP contribution in [0.5, 0.6) is 0 Å². The molecule has 1 fully saturated rings. The molecule has 1 saturated carbocycles. The largest absolute Gasteiger partial charge is 0.339 e. The van der Waals surface area contributed by atoms with Gasteiger partial charge in [0.25, 0.3) is 0 Å². The molecule has 1 aliphatic carbocycles. The van der Waals surface area contributed by atoms with Crippen molar-refractivity contribution in [2.45, 2.75) is 51.5 Å². The van der Waals surface area contributed by atoms with E-state index in [1.54, 1.807) is 0 Å². The first-order valence-electron chi connectivity index (χ1n) is 5.79. The van der Waals surface area contributed by atoms with E-state index < -0.39 is 0 Å². The van der Waals surface area contributed by atoms with Gasteiger partial charge in [-0.15, -0.1) is 0 Å². The lowest BCUT2D eigenvalue weighted by Gasteiger charge is -2.16. The van der Waals surface area contributed by atoms with E-state index in [9.17, 15) is 0 Å². The molecule has 4 heteroatoms. The summed E-state index contributed by atoms with van der Waals surface area (Å²) in [6.45, 7) is 7.34. The van der Waals surface area contributed by atoms with Gasteiger partial charge < -0.3 is 9.84 Å². The SMILES string of the molecule is CCNC(C)C(C)c1nc(C2CC2)no1. The maximum Gasteiger partial charge on any atom is 0.231 e. The van der Waals surface area contributed by atoms with Crippen LogP contribution in [0.3, 0.4) is 0 Å². The minimum atomic E-state index is 0.282. The lowest BCUT2D eigenvalue weighted by atomic mass is 10.0. The summed E-state index contributed by atoms with van der Waals surface area (Å²) in [7, 11) is 0. The molecular weight excluding hydrogens is 190 g/mol. The number of hydrogen-bond donors (Lipinski definition) is 1. The van der Waals surface area contributed by atoms with Gasteiger partial charge in [-0.25, -0.2) is 0 Å². The molecule has 4 nitrogen and oxygen atoms in total. The predicted octanol–water partition coefficient (Wildman–Crippen LogP) is 2.05. The molecule has 0 aromatic carbocycles. The first-order valence-corrected chi connectivity index (χ1v) is 5.79. The van der Waals surface area contributed by atoms with Crippen molar-refractivity contribution in [3.05, 3.63) is 11.7 Å². The maximum absolute atomic E-state index is 5.29. The minimum Gasteiger partial charge on any atom is -0.339 e. The summed E-state index contributed by atoms with van der Waals surface area (Å²) in [4.78, 5) is 4.46. The Bertz CT molecular complexity index is 319. The van der Waals surface area contributed by atoms with Gasteiger partial charge in [-0.05, 0) is 26.3 Å². The molecule has 0 amide bonds. The van der Waals surface area contributed by atoms with Crippen molar-refractivity contribution in [2.24, 2.45) is 0 Å². The molecule has 2 unspecified atom stereocenters. The van der Waals surface area contributed by atoms with Gasteiger partial charge in [-0.1, -0.05) is 19.0 Å². The van der Waals surface area contributed by atoms with E-state index in [1.165, 1.54) is 12.8 Å². The quantitative estimate of drug-likeness (QED) is 0.806. The molecule has 0 radical (unpaired) electrons. The number of hydrogen-bond acceptors (Lipinski definition) is 4. The third kappa shape index (κ3) is 2.37. The van der Waals surface area contributed by atoms with Gasteiger partial charge in [0.05, 0.1) is 5.92 Å². The Kier molecular flexibility index (Phi) is 3.05. The molecule has 1 N–H and O–H groups in total. The molecule has 0 bridgehead atoms. The van der Waals surface area contributed by atoms with E-state index >= 15 is 0 Å². The molecule has 0 aliphatic heterocycles. The van der Waals surface area contributed by atoms with Crippen LogP contribution in [-0.2, 0) is 0 Å². The molecule has 2 rings (SSSR count). The highest BCUT2D eigenvalue weighted by Gasteiger charge is 2.30. The fraction of sp³-hybridized carbons (Fsp3) is 0.818. The van der Waals surface area contributed by atoms with Gasteiger partial charge in [0.2, 0.25) is 5.89 Å². The van der Waals surface area contributed by atoms with Crippen LogP contribution < -0.4 is 5.32 Å². The second kappa shape index (κ2) is 4.31. The topological polar surface area (TPSA) is 51.0 Å². The van der Waals surface area contributed by atoms with Gasteiger partial charge in [0, 0.05) is 12.0 Å². The van der Waals surface area contributed by atoms with Gasteiger partial charge in [0.15, 0.2) is 5.82 Å². The van der Waals surface area contributed by atoms with Crippen LogP contribution in [0.25, 0.3) is 0 Å². The fourth-order valence-electron chi connectivity index (χ4n) is 1.65. The van der Waals surface area contributed by atoms with Crippen molar-refractivity contribution >= 4 is 0 Å². The summed E-state index contributed by atoms with van der Waals surface area (Å²) in [5.41, 5.74) is 0. The predicted molar refractivity (Wildman–Crippen MR) is 57.8 cm³/mol. The Morgan fingerprint density at radius 3 is 2.80 bits per heavy atom. The van der Waals surface area contributed by atoms with E-state index in [0.29, 0.717) is 12.0 Å². The number of nitrogens with one attached hydrogen (secondary N) is 1. The van der Waals surface area contributed by atoms with E-state index in [0.717, 1.165) is 18.3 Å². The zero-order valence-electron chi connectivity index (χ0n) is 9.66. The average molecular weight is 209 g/mol. The van der Waals surface area contributed by atoms with Crippen LogP contribution in [-0.4, -0.2) is 22.7 Å². The number of aromatic nitrogens is 2. The highest BCUT2D eigenvalue weighted by atomic mass is 16.5. The highest BCUT2D eigenvalue weighted by molar-refractivity contribution is 5.05. The van der Waals surface area contributed by atoms with Crippen molar-refractivity contribution in [3.63, 3.8) is 0 Å². The summed E-state index contributed by atoms with van der Waals surface area (Å²) in [5.74, 6) is 2.53. The van der Waals surface area contributed by atoms with Gasteiger partial charge in [0.1, 0.15) is 0 Å². The summed E-state index contributed by atoms with van der Waals surface area (Å²) in [5, 5.41) is 7.40. The zero-order chi connectivity index (χ0) is 10.8. The van der Waals surface area contributed by atoms with Crippen LogP contribution in [0, 0.1) is 0 Å². The summed E-state index contributed by atoms with van der Waals surface area (Å²) in [6, 6.07) is 0.377. The highest BCUT2D eigenvalue weighted by Crippen LogP contribution is 2.38. The second-order valence-corrected chi connectivity index (χ2v) is 4.40. The minimum absolute atomic E-state index is 0.282. The number of nitrogens with zero attached hydrogens (tertiary/aromatic N) is 2. The van der Waals surface area contributed by atoms with Crippen LogP contribution in [0.2, 0.25) is 0 Å². The van der Waals surface area contributed by atoms with E-state index in [2.05, 4.69) is 36.2 Å². The molecule has 1 aromatic rings. The Balaban J connectivity index is 2.00. The van der Waals surface area contributed by atoms with Crippen molar-refractivity contribution in [1.29, 1.82) is 0 Å². The Morgan fingerprint density at radius 1 is 1.47 bits per heavy atom. The van der Waals surface area contributed by atoms with Crippen LogP contribution >= 0.6 is 0 Å². The first kappa shape index (κ1) is 10.6. The van der Waals surface area contributed by atoms with Crippen molar-refractivity contribution < 1.29 is 4.52 Å². The molecular formula is C11H19N3O. The molecule has 1 aliphatic rings. The Labute approximate surface area is 90.4 Å². The summed E-state index contributed by atoms with van der Waals surface area (Å²) in [6.07, 6.45) is 2.44. The Hall–Kier alpha value is -0.900. The molecule has 84 valence electrons.